The number of rotatable bonds is 4. The summed E-state index contributed by atoms with van der Waals surface area (Å²) in [7, 11) is 0. The second-order valence-corrected chi connectivity index (χ2v) is 9.14. The van der Waals surface area contributed by atoms with E-state index in [9.17, 15) is 4.79 Å². The molecular formula is C21H26Cl2N2O2S. The highest BCUT2D eigenvalue weighted by Crippen LogP contribution is 2.39. The maximum atomic E-state index is 9.60. The van der Waals surface area contributed by atoms with Crippen LogP contribution in [0.25, 0.3) is 0 Å². The predicted molar refractivity (Wildman–Crippen MR) is 119 cm³/mol. The molecule has 1 fully saturated rings. The van der Waals surface area contributed by atoms with Gasteiger partial charge in [0, 0.05) is 41.0 Å². The van der Waals surface area contributed by atoms with E-state index in [2.05, 4.69) is 39.2 Å². The van der Waals surface area contributed by atoms with Crippen molar-refractivity contribution >= 4 is 47.1 Å². The number of ether oxygens (including phenoxy) is 1. The van der Waals surface area contributed by atoms with Crippen molar-refractivity contribution in [2.24, 2.45) is 0 Å². The van der Waals surface area contributed by atoms with Gasteiger partial charge in [-0.15, -0.1) is 0 Å². The van der Waals surface area contributed by atoms with Gasteiger partial charge in [0.25, 0.3) is 6.47 Å². The van der Waals surface area contributed by atoms with Crippen LogP contribution in [-0.2, 0) is 9.53 Å². The van der Waals surface area contributed by atoms with Gasteiger partial charge in [-0.05, 0) is 51.1 Å². The minimum absolute atomic E-state index is 0.318. The first kappa shape index (κ1) is 22.9. The molecule has 0 atom stereocenters. The number of halogens is 2. The molecule has 2 aromatic carbocycles. The van der Waals surface area contributed by atoms with Crippen molar-refractivity contribution in [3.63, 3.8) is 0 Å². The van der Waals surface area contributed by atoms with Gasteiger partial charge in [-0.1, -0.05) is 47.1 Å². The minimum Gasteiger partial charge on any atom is -0.462 e. The molecule has 3 rings (SSSR count). The molecule has 0 amide bonds. The number of nitrogens with one attached hydrogen (secondary N) is 1. The molecule has 1 heterocycles. The quantitative estimate of drug-likeness (QED) is 0.634. The first-order valence-corrected chi connectivity index (χ1v) is 10.7. The smallest absolute Gasteiger partial charge is 0.293 e. The van der Waals surface area contributed by atoms with Crippen molar-refractivity contribution in [3.05, 3.63) is 52.5 Å². The molecule has 0 bridgehead atoms. The van der Waals surface area contributed by atoms with E-state index in [0.717, 1.165) is 31.1 Å². The summed E-state index contributed by atoms with van der Waals surface area (Å²) >= 11 is 13.9. The molecule has 1 saturated heterocycles. The Kier molecular flexibility index (Phi) is 8.96. The lowest BCUT2D eigenvalue weighted by molar-refractivity contribution is -0.138. The van der Waals surface area contributed by atoms with Crippen LogP contribution in [0.4, 0.5) is 5.69 Å². The van der Waals surface area contributed by atoms with Gasteiger partial charge in [-0.25, -0.2) is 0 Å². The summed E-state index contributed by atoms with van der Waals surface area (Å²) in [4.78, 5) is 14.3. The van der Waals surface area contributed by atoms with Crippen LogP contribution < -0.4 is 10.2 Å². The summed E-state index contributed by atoms with van der Waals surface area (Å²) in [6.07, 6.45) is 0. The summed E-state index contributed by atoms with van der Waals surface area (Å²) in [5.41, 5.74) is 0.955. The number of para-hydroxylation sites is 1. The Morgan fingerprint density at radius 2 is 1.75 bits per heavy atom. The number of nitrogens with zero attached hydrogens (tertiary/aromatic N) is 1. The zero-order valence-electron chi connectivity index (χ0n) is 16.4. The lowest BCUT2D eigenvalue weighted by Crippen LogP contribution is -2.43. The minimum atomic E-state index is -0.318. The molecule has 1 aliphatic heterocycles. The van der Waals surface area contributed by atoms with Crippen molar-refractivity contribution in [3.8, 4) is 0 Å². The van der Waals surface area contributed by atoms with E-state index in [-0.39, 0.29) is 5.60 Å². The number of carbonyl (C=O) groups is 1. The fourth-order valence-corrected chi connectivity index (χ4v) is 4.03. The summed E-state index contributed by atoms with van der Waals surface area (Å²) in [6, 6.07) is 14.1. The summed E-state index contributed by atoms with van der Waals surface area (Å²) in [5, 5.41) is 4.75. The molecule has 0 radical (unpaired) electrons. The van der Waals surface area contributed by atoms with Gasteiger partial charge in [-0.2, -0.15) is 0 Å². The number of piperazine rings is 1. The van der Waals surface area contributed by atoms with Crippen LogP contribution in [0.5, 0.6) is 0 Å². The Labute approximate surface area is 181 Å². The molecule has 4 nitrogen and oxygen atoms in total. The van der Waals surface area contributed by atoms with Crippen molar-refractivity contribution < 1.29 is 9.53 Å². The fraction of sp³-hybridized carbons (Fsp3) is 0.381. The van der Waals surface area contributed by atoms with Gasteiger partial charge in [-0.3, -0.25) is 4.79 Å². The molecular weight excluding hydrogens is 415 g/mol. The van der Waals surface area contributed by atoms with Gasteiger partial charge in [0.15, 0.2) is 0 Å². The number of hydrogen-bond acceptors (Lipinski definition) is 5. The van der Waals surface area contributed by atoms with E-state index in [0.29, 0.717) is 16.5 Å². The molecule has 1 aliphatic rings. The molecule has 7 heteroatoms. The Bertz CT molecular complexity index is 775. The first-order valence-electron chi connectivity index (χ1n) is 9.09. The third-order valence-corrected chi connectivity index (χ3v) is 5.64. The highest BCUT2D eigenvalue weighted by atomic mass is 35.5. The molecule has 1 N–H and O–H groups in total. The Morgan fingerprint density at radius 1 is 1.07 bits per heavy atom. The zero-order chi connectivity index (χ0) is 20.6. The van der Waals surface area contributed by atoms with E-state index in [1.165, 1.54) is 10.6 Å². The van der Waals surface area contributed by atoms with Crippen molar-refractivity contribution in [2.45, 2.75) is 36.2 Å². The van der Waals surface area contributed by atoms with Gasteiger partial charge < -0.3 is 15.0 Å². The van der Waals surface area contributed by atoms with Crippen LogP contribution in [-0.4, -0.2) is 38.3 Å². The Hall–Kier alpha value is -1.40. The van der Waals surface area contributed by atoms with E-state index in [4.69, 9.17) is 23.2 Å². The molecule has 0 aliphatic carbocycles. The summed E-state index contributed by atoms with van der Waals surface area (Å²) in [5.74, 6) is 0. The van der Waals surface area contributed by atoms with E-state index in [1.807, 2.05) is 32.9 Å². The van der Waals surface area contributed by atoms with E-state index >= 15 is 0 Å². The standard InChI is InChI=1S/C16H16Cl2N2S.C5H10O2/c17-12-5-6-15(13(18)11-12)21-16-4-2-1-3-14(16)20-9-7-19-8-10-20;1-5(2,3)7-4-6/h1-6,11,19H,7-10H2;4H,1-3H3. The average molecular weight is 441 g/mol. The summed E-state index contributed by atoms with van der Waals surface area (Å²) < 4.78 is 4.55. The maximum Gasteiger partial charge on any atom is 0.293 e. The highest BCUT2D eigenvalue weighted by molar-refractivity contribution is 7.99. The fourth-order valence-electron chi connectivity index (χ4n) is 2.53. The molecule has 28 heavy (non-hydrogen) atoms. The largest absolute Gasteiger partial charge is 0.462 e. The van der Waals surface area contributed by atoms with Crippen molar-refractivity contribution in [2.75, 3.05) is 31.1 Å². The second-order valence-electron chi connectivity index (χ2n) is 7.21. The highest BCUT2D eigenvalue weighted by Gasteiger charge is 2.15. The molecule has 2 aromatic rings. The lowest BCUT2D eigenvalue weighted by atomic mass is 10.2. The van der Waals surface area contributed by atoms with Gasteiger partial charge >= 0.3 is 0 Å². The van der Waals surface area contributed by atoms with Crippen LogP contribution >= 0.6 is 35.0 Å². The molecule has 0 saturated carbocycles. The van der Waals surface area contributed by atoms with Gasteiger partial charge in [0.1, 0.15) is 5.60 Å². The number of anilines is 1. The van der Waals surface area contributed by atoms with Crippen LogP contribution in [0, 0.1) is 0 Å². The normalized spacial score (nSPS) is 14.1. The third kappa shape index (κ3) is 7.55. The first-order chi connectivity index (χ1) is 13.3. The Morgan fingerprint density at radius 3 is 2.32 bits per heavy atom. The number of benzene rings is 2. The SMILES string of the molecule is CC(C)(C)OC=O.Clc1ccc(Sc2ccccc2N2CCNCC2)c(Cl)c1. The second kappa shape index (κ2) is 11.0. The number of carbonyl (C=O) groups excluding carboxylic acids is 1. The zero-order valence-corrected chi connectivity index (χ0v) is 18.7. The third-order valence-electron chi connectivity index (χ3n) is 3.84. The predicted octanol–water partition coefficient (Wildman–Crippen LogP) is 5.51. The maximum absolute atomic E-state index is 9.60. The molecule has 0 spiro atoms. The van der Waals surface area contributed by atoms with Crippen LogP contribution in [0.15, 0.2) is 52.3 Å². The summed E-state index contributed by atoms with van der Waals surface area (Å²) in [6.45, 7) is 10.0. The van der Waals surface area contributed by atoms with Crippen molar-refractivity contribution in [1.82, 2.24) is 5.32 Å². The van der Waals surface area contributed by atoms with Gasteiger partial charge in [0.05, 0.1) is 10.7 Å². The molecule has 0 aromatic heterocycles. The number of hydrogen-bond donors (Lipinski definition) is 1. The van der Waals surface area contributed by atoms with E-state index < -0.39 is 0 Å². The van der Waals surface area contributed by atoms with E-state index in [1.54, 1.807) is 17.8 Å². The van der Waals surface area contributed by atoms with Crippen molar-refractivity contribution in [1.29, 1.82) is 0 Å². The average Bonchev–Trinajstić information content (AvgIpc) is 2.65. The monoisotopic (exact) mass is 440 g/mol. The lowest BCUT2D eigenvalue weighted by Gasteiger charge is -2.31. The Balaban J connectivity index is 0.000000345. The van der Waals surface area contributed by atoms with Gasteiger partial charge in [0.2, 0.25) is 0 Å². The van der Waals surface area contributed by atoms with Crippen LogP contribution in [0.3, 0.4) is 0 Å². The van der Waals surface area contributed by atoms with Crippen LogP contribution in [0.2, 0.25) is 10.0 Å². The molecule has 0 unspecified atom stereocenters. The topological polar surface area (TPSA) is 41.6 Å². The molecule has 152 valence electrons. The van der Waals surface area contributed by atoms with Crippen LogP contribution in [0.1, 0.15) is 20.8 Å².